The number of esters is 1. The Balaban J connectivity index is 4.13. The van der Waals surface area contributed by atoms with Crippen LogP contribution >= 0.6 is 0 Å². The molecule has 1 unspecified atom stereocenters. The Labute approximate surface area is 294 Å². The van der Waals surface area contributed by atoms with E-state index in [-0.39, 0.29) is 12.1 Å². The van der Waals surface area contributed by atoms with Crippen molar-refractivity contribution in [1.82, 2.24) is 4.90 Å². The van der Waals surface area contributed by atoms with Crippen molar-refractivity contribution < 1.29 is 9.53 Å². The minimum atomic E-state index is 0.0109. The highest BCUT2D eigenvalue weighted by molar-refractivity contribution is 5.69. The number of carbonyl (C=O) groups excluding carboxylic acids is 1. The second-order valence-electron chi connectivity index (χ2n) is 13.8. The van der Waals surface area contributed by atoms with E-state index in [0.29, 0.717) is 6.42 Å². The highest BCUT2D eigenvalue weighted by Crippen LogP contribution is 2.18. The van der Waals surface area contributed by atoms with Gasteiger partial charge in [-0.1, -0.05) is 132 Å². The summed E-state index contributed by atoms with van der Waals surface area (Å²) in [6, 6.07) is 0. The molecule has 3 nitrogen and oxygen atoms in total. The standard InChI is InChI=1S/C44H79NO2/c1-5-7-9-11-13-15-17-19-21-23-25-27-29-31-33-35-39-43(47-44(46)41-37-38-42-45(3)4)40-36-34-32-30-28-26-24-22-20-18-16-14-12-10-8-6-2/h13-16,19-22,25,27,43H,5-12,17-18,23-24,26,28-42H2,1-4H3/b15-13-,16-14-,21-19-,22-20-,27-25-. The first-order valence-corrected chi connectivity index (χ1v) is 20.2. The highest BCUT2D eigenvalue weighted by atomic mass is 16.5. The van der Waals surface area contributed by atoms with Crippen LogP contribution in [0.2, 0.25) is 0 Å². The van der Waals surface area contributed by atoms with Gasteiger partial charge in [-0.15, -0.1) is 0 Å². The largest absolute Gasteiger partial charge is 0.462 e. The van der Waals surface area contributed by atoms with Gasteiger partial charge in [0.05, 0.1) is 0 Å². The summed E-state index contributed by atoms with van der Waals surface area (Å²) in [4.78, 5) is 14.8. The predicted molar refractivity (Wildman–Crippen MR) is 210 cm³/mol. The van der Waals surface area contributed by atoms with E-state index >= 15 is 0 Å². The summed E-state index contributed by atoms with van der Waals surface area (Å²) in [5.41, 5.74) is 0. The molecule has 0 amide bonds. The normalized spacial score (nSPS) is 13.1. The minimum Gasteiger partial charge on any atom is -0.462 e. The maximum absolute atomic E-state index is 12.6. The van der Waals surface area contributed by atoms with E-state index in [1.807, 2.05) is 0 Å². The Hall–Kier alpha value is -1.87. The van der Waals surface area contributed by atoms with Crippen molar-refractivity contribution in [2.24, 2.45) is 0 Å². The number of ether oxygens (including phenoxy) is 1. The van der Waals surface area contributed by atoms with Crippen LogP contribution in [0.4, 0.5) is 0 Å². The quantitative estimate of drug-likeness (QED) is 0.0387. The molecule has 0 rings (SSSR count). The van der Waals surface area contributed by atoms with Crippen LogP contribution in [-0.4, -0.2) is 37.6 Å². The lowest BCUT2D eigenvalue weighted by Crippen LogP contribution is -2.19. The predicted octanol–water partition coefficient (Wildman–Crippen LogP) is 13.8. The third kappa shape index (κ3) is 38.5. The lowest BCUT2D eigenvalue weighted by Gasteiger charge is -2.18. The van der Waals surface area contributed by atoms with Crippen molar-refractivity contribution >= 4 is 5.97 Å². The molecule has 0 radical (unpaired) electrons. The summed E-state index contributed by atoms with van der Waals surface area (Å²) in [6.45, 7) is 5.55. The lowest BCUT2D eigenvalue weighted by molar-refractivity contribution is -0.150. The van der Waals surface area contributed by atoms with E-state index in [2.05, 4.69) is 93.6 Å². The van der Waals surface area contributed by atoms with Gasteiger partial charge in [-0.2, -0.15) is 0 Å². The smallest absolute Gasteiger partial charge is 0.306 e. The molecular weight excluding hydrogens is 574 g/mol. The first kappa shape index (κ1) is 45.1. The SMILES string of the molecule is CCCCC/C=C\C/C=C\C/C=C\CCCCCC(CCCCCCCC/C=C\C/C=C\CCCCC)OC(=O)CCCCN(C)C. The minimum absolute atomic E-state index is 0.0109. The molecule has 47 heavy (non-hydrogen) atoms. The third-order valence-corrected chi connectivity index (χ3v) is 8.68. The number of allylic oxidation sites excluding steroid dienone is 10. The van der Waals surface area contributed by atoms with Gasteiger partial charge in [-0.25, -0.2) is 0 Å². The van der Waals surface area contributed by atoms with Crippen LogP contribution in [0, 0.1) is 0 Å². The van der Waals surface area contributed by atoms with Crippen LogP contribution in [-0.2, 0) is 9.53 Å². The molecule has 0 aromatic rings. The van der Waals surface area contributed by atoms with Gasteiger partial charge >= 0.3 is 5.97 Å². The molecular formula is C44H79NO2. The van der Waals surface area contributed by atoms with Crippen molar-refractivity contribution in [1.29, 1.82) is 0 Å². The first-order valence-electron chi connectivity index (χ1n) is 20.2. The van der Waals surface area contributed by atoms with Crippen molar-refractivity contribution in [3.8, 4) is 0 Å². The van der Waals surface area contributed by atoms with Gasteiger partial charge < -0.3 is 9.64 Å². The summed E-state index contributed by atoms with van der Waals surface area (Å²) in [7, 11) is 4.17. The number of rotatable bonds is 35. The Morgan fingerprint density at radius 3 is 1.32 bits per heavy atom. The van der Waals surface area contributed by atoms with Gasteiger partial charge in [0.15, 0.2) is 0 Å². The zero-order valence-electron chi connectivity index (χ0n) is 31.9. The molecule has 0 aromatic heterocycles. The van der Waals surface area contributed by atoms with E-state index in [4.69, 9.17) is 4.74 Å². The molecule has 0 aliphatic rings. The Morgan fingerprint density at radius 2 is 0.872 bits per heavy atom. The molecule has 0 N–H and O–H groups in total. The van der Waals surface area contributed by atoms with Crippen molar-refractivity contribution in [3.05, 3.63) is 60.8 Å². The molecule has 0 aliphatic carbocycles. The van der Waals surface area contributed by atoms with Crippen molar-refractivity contribution in [2.45, 2.75) is 193 Å². The number of hydrogen-bond donors (Lipinski definition) is 0. The van der Waals surface area contributed by atoms with E-state index in [1.54, 1.807) is 0 Å². The zero-order chi connectivity index (χ0) is 34.3. The topological polar surface area (TPSA) is 29.5 Å². The van der Waals surface area contributed by atoms with E-state index in [0.717, 1.165) is 64.3 Å². The number of nitrogens with zero attached hydrogens (tertiary/aromatic N) is 1. The molecule has 272 valence electrons. The van der Waals surface area contributed by atoms with E-state index in [1.165, 1.54) is 109 Å². The molecule has 1 atom stereocenters. The molecule has 0 spiro atoms. The average molecular weight is 654 g/mol. The molecule has 3 heteroatoms. The van der Waals surface area contributed by atoms with Crippen LogP contribution in [0.3, 0.4) is 0 Å². The molecule has 0 saturated heterocycles. The number of hydrogen-bond acceptors (Lipinski definition) is 3. The number of carbonyl (C=O) groups is 1. The summed E-state index contributed by atoms with van der Waals surface area (Å²) >= 11 is 0. The van der Waals surface area contributed by atoms with Gasteiger partial charge in [-0.05, 0) is 130 Å². The lowest BCUT2D eigenvalue weighted by atomic mass is 10.0. The zero-order valence-corrected chi connectivity index (χ0v) is 31.9. The fraction of sp³-hybridized carbons (Fsp3) is 0.750. The molecule has 0 saturated carbocycles. The van der Waals surface area contributed by atoms with Crippen LogP contribution in [0.25, 0.3) is 0 Å². The molecule has 0 bridgehead atoms. The van der Waals surface area contributed by atoms with E-state index < -0.39 is 0 Å². The summed E-state index contributed by atoms with van der Waals surface area (Å²) in [5, 5.41) is 0. The molecule has 0 aliphatic heterocycles. The first-order chi connectivity index (χ1) is 23.1. The molecule has 0 aromatic carbocycles. The van der Waals surface area contributed by atoms with Crippen molar-refractivity contribution in [2.75, 3.05) is 20.6 Å². The molecule has 0 fully saturated rings. The maximum Gasteiger partial charge on any atom is 0.306 e. The summed E-state index contributed by atoms with van der Waals surface area (Å²) in [6.07, 6.45) is 55.0. The maximum atomic E-state index is 12.6. The fourth-order valence-electron chi connectivity index (χ4n) is 5.67. The second kappa shape index (κ2) is 38.6. The Morgan fingerprint density at radius 1 is 0.489 bits per heavy atom. The monoisotopic (exact) mass is 654 g/mol. The van der Waals surface area contributed by atoms with Crippen LogP contribution < -0.4 is 0 Å². The van der Waals surface area contributed by atoms with Gasteiger partial charge in [-0.3, -0.25) is 4.79 Å². The highest BCUT2D eigenvalue weighted by Gasteiger charge is 2.14. The van der Waals surface area contributed by atoms with Crippen LogP contribution in [0.5, 0.6) is 0 Å². The van der Waals surface area contributed by atoms with Gasteiger partial charge in [0.2, 0.25) is 0 Å². The van der Waals surface area contributed by atoms with Crippen LogP contribution in [0.1, 0.15) is 187 Å². The molecule has 0 heterocycles. The Kier molecular flexibility index (Phi) is 37.0. The Bertz CT molecular complexity index is 791. The van der Waals surface area contributed by atoms with Gasteiger partial charge in [0, 0.05) is 6.42 Å². The van der Waals surface area contributed by atoms with Gasteiger partial charge in [0.1, 0.15) is 6.10 Å². The fourth-order valence-corrected chi connectivity index (χ4v) is 5.67. The second-order valence-corrected chi connectivity index (χ2v) is 13.8. The van der Waals surface area contributed by atoms with Gasteiger partial charge in [0.25, 0.3) is 0 Å². The van der Waals surface area contributed by atoms with Crippen molar-refractivity contribution in [3.63, 3.8) is 0 Å². The average Bonchev–Trinajstić information content (AvgIpc) is 3.06. The number of unbranched alkanes of at least 4 members (excludes halogenated alkanes) is 16. The summed E-state index contributed by atoms with van der Waals surface area (Å²) in [5.74, 6) is 0.0109. The van der Waals surface area contributed by atoms with E-state index in [9.17, 15) is 4.79 Å². The third-order valence-electron chi connectivity index (χ3n) is 8.68. The summed E-state index contributed by atoms with van der Waals surface area (Å²) < 4.78 is 6.01. The van der Waals surface area contributed by atoms with Crippen LogP contribution in [0.15, 0.2) is 60.8 Å².